The Balaban J connectivity index is 2.03. The van der Waals surface area contributed by atoms with Gasteiger partial charge in [-0.2, -0.15) is 26.3 Å². The molecule has 188 valence electrons. The van der Waals surface area contributed by atoms with E-state index in [9.17, 15) is 31.1 Å². The van der Waals surface area contributed by atoms with Gasteiger partial charge in [-0.15, -0.1) is 0 Å². The van der Waals surface area contributed by atoms with Crippen molar-refractivity contribution < 1.29 is 45.7 Å². The van der Waals surface area contributed by atoms with Gasteiger partial charge in [-0.05, 0) is 55.0 Å². The fourth-order valence-electron chi connectivity index (χ4n) is 2.82. The van der Waals surface area contributed by atoms with Crippen LogP contribution < -0.4 is 4.74 Å². The number of hydrogen-bond acceptors (Lipinski definition) is 3. The SMILES string of the molecule is CCO[C@@H](Cc1ccc(OC/C=C/C#Cc2cc(C(F)(F)F)cc(C(F)(F)F)c2)c(Cl)c1)C(=O)O. The molecule has 0 bridgehead atoms. The molecule has 1 N–H and O–H groups in total. The number of hydrogen-bond donors (Lipinski definition) is 1. The lowest BCUT2D eigenvalue weighted by Crippen LogP contribution is -2.26. The highest BCUT2D eigenvalue weighted by molar-refractivity contribution is 6.32. The number of benzene rings is 2. The van der Waals surface area contributed by atoms with Crippen LogP contribution in [-0.2, 0) is 28.3 Å². The Morgan fingerprint density at radius 3 is 2.23 bits per heavy atom. The standard InChI is InChI=1S/C24H19ClF6O4/c1-2-34-21(22(32)33)13-16-7-8-20(19(25)12-16)35-9-5-3-4-6-15-10-17(23(26,27)28)14-18(11-15)24(29,30)31/h3,5,7-8,10-12,14,21H,2,9,13H2,1H3,(H,32,33)/b5-3+/t21-/m0/s1. The van der Waals surface area contributed by atoms with Crippen LogP contribution in [0, 0.1) is 11.8 Å². The van der Waals surface area contributed by atoms with Crippen LogP contribution in [0.5, 0.6) is 5.75 Å². The maximum atomic E-state index is 12.9. The van der Waals surface area contributed by atoms with Crippen molar-refractivity contribution in [1.82, 2.24) is 0 Å². The van der Waals surface area contributed by atoms with Gasteiger partial charge in [-0.1, -0.05) is 29.5 Å². The summed E-state index contributed by atoms with van der Waals surface area (Å²) in [7, 11) is 0. The molecule has 0 radical (unpaired) electrons. The molecule has 2 aromatic rings. The quantitative estimate of drug-likeness (QED) is 0.323. The van der Waals surface area contributed by atoms with Gasteiger partial charge in [0.2, 0.25) is 0 Å². The van der Waals surface area contributed by atoms with Crippen LogP contribution in [0.4, 0.5) is 26.3 Å². The van der Waals surface area contributed by atoms with E-state index in [2.05, 4.69) is 11.8 Å². The molecule has 0 saturated carbocycles. The maximum Gasteiger partial charge on any atom is 0.416 e. The summed E-state index contributed by atoms with van der Waals surface area (Å²) >= 11 is 6.14. The molecule has 0 aliphatic carbocycles. The van der Waals surface area contributed by atoms with E-state index in [0.29, 0.717) is 17.7 Å². The largest absolute Gasteiger partial charge is 0.488 e. The zero-order chi connectivity index (χ0) is 26.2. The Kier molecular flexibility index (Phi) is 9.63. The minimum absolute atomic E-state index is 0.0303. The van der Waals surface area contributed by atoms with E-state index in [1.165, 1.54) is 24.3 Å². The van der Waals surface area contributed by atoms with E-state index < -0.39 is 41.1 Å². The number of rotatable bonds is 8. The van der Waals surface area contributed by atoms with Crippen molar-refractivity contribution in [3.8, 4) is 17.6 Å². The highest BCUT2D eigenvalue weighted by atomic mass is 35.5. The topological polar surface area (TPSA) is 55.8 Å². The third kappa shape index (κ3) is 8.85. The molecule has 0 saturated heterocycles. The zero-order valence-electron chi connectivity index (χ0n) is 18.1. The van der Waals surface area contributed by atoms with Gasteiger partial charge < -0.3 is 14.6 Å². The summed E-state index contributed by atoms with van der Waals surface area (Å²) in [6.07, 6.45) is -8.21. The Bertz CT molecular complexity index is 1100. The van der Waals surface area contributed by atoms with Crippen LogP contribution >= 0.6 is 11.6 Å². The van der Waals surface area contributed by atoms with Gasteiger partial charge in [0.15, 0.2) is 6.10 Å². The molecule has 1 atom stereocenters. The fourth-order valence-corrected chi connectivity index (χ4v) is 3.08. The monoisotopic (exact) mass is 520 g/mol. The first kappa shape index (κ1) is 28.1. The number of carboxylic acid groups (broad SMARTS) is 1. The molecule has 11 heteroatoms. The number of ether oxygens (including phenoxy) is 2. The van der Waals surface area contributed by atoms with Crippen molar-refractivity contribution in [2.75, 3.05) is 13.2 Å². The molecule has 35 heavy (non-hydrogen) atoms. The smallest absolute Gasteiger partial charge is 0.416 e. The highest BCUT2D eigenvalue weighted by Gasteiger charge is 2.36. The third-order valence-electron chi connectivity index (χ3n) is 4.40. The Hall–Kier alpha value is -3.16. The highest BCUT2D eigenvalue weighted by Crippen LogP contribution is 2.36. The van der Waals surface area contributed by atoms with E-state index >= 15 is 0 Å². The van der Waals surface area contributed by atoms with E-state index in [0.717, 1.165) is 0 Å². The maximum absolute atomic E-state index is 12.9. The van der Waals surface area contributed by atoms with Crippen LogP contribution in [0.3, 0.4) is 0 Å². The van der Waals surface area contributed by atoms with Crippen molar-refractivity contribution in [2.45, 2.75) is 31.8 Å². The van der Waals surface area contributed by atoms with Crippen LogP contribution in [0.1, 0.15) is 29.2 Å². The van der Waals surface area contributed by atoms with Crippen molar-refractivity contribution in [3.05, 3.63) is 75.8 Å². The lowest BCUT2D eigenvalue weighted by Gasteiger charge is -2.13. The molecule has 0 aliphatic heterocycles. The van der Waals surface area contributed by atoms with Gasteiger partial charge in [0.25, 0.3) is 0 Å². The molecule has 4 nitrogen and oxygen atoms in total. The number of allylic oxidation sites excluding steroid dienone is 1. The number of alkyl halides is 6. The summed E-state index contributed by atoms with van der Waals surface area (Å²) < 4.78 is 87.9. The average Bonchev–Trinajstić information content (AvgIpc) is 2.75. The summed E-state index contributed by atoms with van der Waals surface area (Å²) in [4.78, 5) is 11.2. The molecule has 0 fully saturated rings. The minimum Gasteiger partial charge on any atom is -0.488 e. The van der Waals surface area contributed by atoms with Crippen molar-refractivity contribution >= 4 is 17.6 Å². The minimum atomic E-state index is -4.95. The van der Waals surface area contributed by atoms with Gasteiger partial charge in [0.1, 0.15) is 12.4 Å². The molecule has 0 amide bonds. The van der Waals surface area contributed by atoms with Crippen molar-refractivity contribution in [3.63, 3.8) is 0 Å². The van der Waals surface area contributed by atoms with Crippen LogP contribution in [0.25, 0.3) is 0 Å². The first-order valence-electron chi connectivity index (χ1n) is 10.0. The molecule has 2 aromatic carbocycles. The lowest BCUT2D eigenvalue weighted by molar-refractivity contribution is -0.150. The molecular weight excluding hydrogens is 502 g/mol. The van der Waals surface area contributed by atoms with E-state index in [1.54, 1.807) is 13.0 Å². The number of carbonyl (C=O) groups is 1. The first-order chi connectivity index (χ1) is 16.3. The van der Waals surface area contributed by atoms with Gasteiger partial charge in [-0.25, -0.2) is 4.79 Å². The summed E-state index contributed by atoms with van der Waals surface area (Å²) in [6.45, 7) is 1.87. The molecule has 0 spiro atoms. The van der Waals surface area contributed by atoms with Crippen molar-refractivity contribution in [2.24, 2.45) is 0 Å². The van der Waals surface area contributed by atoms with E-state index in [-0.39, 0.29) is 36.5 Å². The summed E-state index contributed by atoms with van der Waals surface area (Å²) in [5, 5.41) is 9.36. The van der Waals surface area contributed by atoms with Crippen molar-refractivity contribution in [1.29, 1.82) is 0 Å². The second-order valence-corrected chi connectivity index (χ2v) is 7.44. The molecule has 0 heterocycles. The molecule has 0 unspecified atom stereocenters. The fraction of sp³-hybridized carbons (Fsp3) is 0.292. The zero-order valence-corrected chi connectivity index (χ0v) is 18.9. The second-order valence-electron chi connectivity index (χ2n) is 7.03. The van der Waals surface area contributed by atoms with Gasteiger partial charge in [-0.3, -0.25) is 0 Å². The first-order valence-corrected chi connectivity index (χ1v) is 10.4. The summed E-state index contributed by atoms with van der Waals surface area (Å²) in [5.74, 6) is 3.79. The van der Waals surface area contributed by atoms with Crippen LogP contribution in [0.2, 0.25) is 5.02 Å². The Morgan fingerprint density at radius 1 is 1.09 bits per heavy atom. The number of aliphatic carboxylic acids is 1. The Labute approximate surface area is 202 Å². The van der Waals surface area contributed by atoms with Gasteiger partial charge in [0, 0.05) is 18.6 Å². The molecule has 2 rings (SSSR count). The lowest BCUT2D eigenvalue weighted by atomic mass is 10.0. The normalized spacial score (nSPS) is 12.8. The molecule has 0 aliphatic rings. The summed E-state index contributed by atoms with van der Waals surface area (Å²) in [6, 6.07) is 5.78. The third-order valence-corrected chi connectivity index (χ3v) is 4.70. The predicted molar refractivity (Wildman–Crippen MR) is 116 cm³/mol. The van der Waals surface area contributed by atoms with Crippen LogP contribution in [0.15, 0.2) is 48.6 Å². The molecular formula is C24H19ClF6O4. The average molecular weight is 521 g/mol. The van der Waals surface area contributed by atoms with E-state index in [1.807, 2.05) is 0 Å². The van der Waals surface area contributed by atoms with Gasteiger partial charge in [0.05, 0.1) is 16.1 Å². The van der Waals surface area contributed by atoms with Crippen LogP contribution in [-0.4, -0.2) is 30.4 Å². The van der Waals surface area contributed by atoms with Gasteiger partial charge >= 0.3 is 18.3 Å². The Morgan fingerprint density at radius 2 is 1.71 bits per heavy atom. The predicted octanol–water partition coefficient (Wildman–Crippen LogP) is 6.40. The summed E-state index contributed by atoms with van der Waals surface area (Å²) in [5.41, 5.74) is -2.72. The number of halogens is 7. The number of carboxylic acids is 1. The van der Waals surface area contributed by atoms with E-state index in [4.69, 9.17) is 26.2 Å². The second kappa shape index (κ2) is 12.0. The molecule has 0 aromatic heterocycles.